The highest BCUT2D eigenvalue weighted by atomic mass is 16.5. The Morgan fingerprint density at radius 2 is 1.96 bits per heavy atom. The number of benzene rings is 1. The predicted molar refractivity (Wildman–Crippen MR) is 103 cm³/mol. The highest BCUT2D eigenvalue weighted by Gasteiger charge is 2.34. The van der Waals surface area contributed by atoms with Crippen LogP contribution in [0, 0.1) is 5.92 Å². The van der Waals surface area contributed by atoms with Crippen molar-refractivity contribution in [1.29, 1.82) is 0 Å². The van der Waals surface area contributed by atoms with Gasteiger partial charge in [0.2, 0.25) is 5.91 Å². The second-order valence-electron chi connectivity index (χ2n) is 7.85. The third-order valence-electron chi connectivity index (χ3n) is 5.77. The van der Waals surface area contributed by atoms with E-state index in [0.29, 0.717) is 36.9 Å². The first-order valence-electron chi connectivity index (χ1n) is 10.1. The standard InChI is InChI=1S/C21H28N4O2/c1-2-19-24-21(27-25-19)16-5-3-14(4-6-16)9-10-22-20(26)13-15-11-17-7-8-18(12-15)23-17/h3-6,15,17-18,23H,2,7-13H2,1H3,(H,22,26). The summed E-state index contributed by atoms with van der Waals surface area (Å²) in [5, 5.41) is 10.6. The number of carbonyl (C=O) groups is 1. The van der Waals surface area contributed by atoms with Crippen LogP contribution in [0.5, 0.6) is 0 Å². The molecule has 2 saturated heterocycles. The van der Waals surface area contributed by atoms with Crippen LogP contribution >= 0.6 is 0 Å². The first-order chi connectivity index (χ1) is 13.2. The molecule has 6 heteroatoms. The topological polar surface area (TPSA) is 80.0 Å². The fraction of sp³-hybridized carbons (Fsp3) is 0.571. The molecule has 1 aromatic heterocycles. The lowest BCUT2D eigenvalue weighted by Crippen LogP contribution is -2.39. The smallest absolute Gasteiger partial charge is 0.257 e. The van der Waals surface area contributed by atoms with Crippen molar-refractivity contribution in [3.05, 3.63) is 35.7 Å². The van der Waals surface area contributed by atoms with Crippen LogP contribution in [0.1, 0.15) is 50.4 Å². The Bertz CT molecular complexity index is 759. The lowest BCUT2D eigenvalue weighted by molar-refractivity contribution is -0.122. The van der Waals surface area contributed by atoms with Crippen LogP contribution in [0.2, 0.25) is 0 Å². The molecule has 0 saturated carbocycles. The van der Waals surface area contributed by atoms with Crippen molar-refractivity contribution >= 4 is 5.91 Å². The van der Waals surface area contributed by atoms with E-state index in [1.807, 2.05) is 19.1 Å². The van der Waals surface area contributed by atoms with E-state index < -0.39 is 0 Å². The molecule has 2 atom stereocenters. The van der Waals surface area contributed by atoms with Crippen molar-refractivity contribution in [2.75, 3.05) is 6.54 Å². The second-order valence-corrected chi connectivity index (χ2v) is 7.85. The maximum atomic E-state index is 12.2. The lowest BCUT2D eigenvalue weighted by atomic mass is 9.89. The Morgan fingerprint density at radius 1 is 1.22 bits per heavy atom. The van der Waals surface area contributed by atoms with Gasteiger partial charge in [0, 0.05) is 37.0 Å². The SMILES string of the molecule is CCc1noc(-c2ccc(CCNC(=O)CC3CC4CCC(C3)N4)cc2)n1. The fourth-order valence-electron chi connectivity index (χ4n) is 4.35. The number of rotatable bonds is 7. The van der Waals surface area contributed by atoms with Gasteiger partial charge in [0.1, 0.15) is 0 Å². The van der Waals surface area contributed by atoms with E-state index in [4.69, 9.17) is 4.52 Å². The van der Waals surface area contributed by atoms with E-state index >= 15 is 0 Å². The Kier molecular flexibility index (Phi) is 5.53. The summed E-state index contributed by atoms with van der Waals surface area (Å²) in [6, 6.07) is 9.40. The number of aromatic nitrogens is 2. The summed E-state index contributed by atoms with van der Waals surface area (Å²) in [5.74, 6) is 2.02. The van der Waals surface area contributed by atoms with E-state index in [-0.39, 0.29) is 5.91 Å². The Balaban J connectivity index is 1.21. The maximum Gasteiger partial charge on any atom is 0.257 e. The molecule has 2 N–H and O–H groups in total. The number of piperidine rings is 1. The molecular weight excluding hydrogens is 340 g/mol. The summed E-state index contributed by atoms with van der Waals surface area (Å²) in [4.78, 5) is 16.6. The number of aryl methyl sites for hydroxylation is 1. The number of nitrogens with one attached hydrogen (secondary N) is 2. The zero-order valence-corrected chi connectivity index (χ0v) is 15.9. The molecule has 2 aliphatic rings. The zero-order valence-electron chi connectivity index (χ0n) is 15.9. The van der Waals surface area contributed by atoms with Gasteiger partial charge in [-0.2, -0.15) is 4.98 Å². The average Bonchev–Trinajstić information content (AvgIpc) is 3.28. The van der Waals surface area contributed by atoms with Gasteiger partial charge in [-0.25, -0.2) is 0 Å². The molecule has 2 aromatic rings. The van der Waals surface area contributed by atoms with E-state index in [1.165, 1.54) is 18.4 Å². The van der Waals surface area contributed by atoms with Crippen LogP contribution in [0.15, 0.2) is 28.8 Å². The highest BCUT2D eigenvalue weighted by Crippen LogP contribution is 2.32. The Labute approximate surface area is 160 Å². The quantitative estimate of drug-likeness (QED) is 0.785. The molecule has 2 fully saturated rings. The van der Waals surface area contributed by atoms with Crippen LogP contribution in [-0.4, -0.2) is 34.7 Å². The molecule has 3 heterocycles. The molecule has 4 rings (SSSR count). The summed E-state index contributed by atoms with van der Waals surface area (Å²) >= 11 is 0. The van der Waals surface area contributed by atoms with Gasteiger partial charge in [0.25, 0.3) is 5.89 Å². The minimum absolute atomic E-state index is 0.191. The third kappa shape index (κ3) is 4.56. The van der Waals surface area contributed by atoms with Crippen molar-refractivity contribution in [1.82, 2.24) is 20.8 Å². The molecule has 2 bridgehead atoms. The molecule has 0 aliphatic carbocycles. The van der Waals surface area contributed by atoms with Gasteiger partial charge >= 0.3 is 0 Å². The molecule has 2 aliphatic heterocycles. The van der Waals surface area contributed by atoms with Crippen molar-refractivity contribution in [3.8, 4) is 11.5 Å². The maximum absolute atomic E-state index is 12.2. The number of nitrogens with zero attached hydrogens (tertiary/aromatic N) is 2. The summed E-state index contributed by atoms with van der Waals surface area (Å²) in [7, 11) is 0. The fourth-order valence-corrected chi connectivity index (χ4v) is 4.35. The molecule has 6 nitrogen and oxygen atoms in total. The zero-order chi connectivity index (χ0) is 18.6. The number of hydrogen-bond acceptors (Lipinski definition) is 5. The molecule has 0 spiro atoms. The normalized spacial score (nSPS) is 24.1. The van der Waals surface area contributed by atoms with Gasteiger partial charge in [-0.1, -0.05) is 24.2 Å². The molecule has 0 radical (unpaired) electrons. The number of carbonyl (C=O) groups excluding carboxylic acids is 1. The number of amides is 1. The molecule has 1 amide bonds. The van der Waals surface area contributed by atoms with Crippen molar-refractivity contribution in [3.63, 3.8) is 0 Å². The number of fused-ring (bicyclic) bond motifs is 2. The summed E-state index contributed by atoms with van der Waals surface area (Å²) in [6.07, 6.45) is 7.13. The predicted octanol–water partition coefficient (Wildman–Crippen LogP) is 2.88. The van der Waals surface area contributed by atoms with Crippen LogP contribution in [0.3, 0.4) is 0 Å². The Morgan fingerprint density at radius 3 is 2.63 bits per heavy atom. The van der Waals surface area contributed by atoms with Gasteiger partial charge in [-0.05, 0) is 55.7 Å². The van der Waals surface area contributed by atoms with Gasteiger partial charge in [0.15, 0.2) is 5.82 Å². The van der Waals surface area contributed by atoms with Gasteiger partial charge in [-0.15, -0.1) is 0 Å². The minimum atomic E-state index is 0.191. The first kappa shape index (κ1) is 18.2. The molecule has 1 aromatic carbocycles. The molecule has 144 valence electrons. The van der Waals surface area contributed by atoms with E-state index in [2.05, 4.69) is 32.9 Å². The monoisotopic (exact) mass is 368 g/mol. The van der Waals surface area contributed by atoms with Crippen LogP contribution < -0.4 is 10.6 Å². The lowest BCUT2D eigenvalue weighted by Gasteiger charge is -2.28. The summed E-state index contributed by atoms with van der Waals surface area (Å²) in [5.41, 5.74) is 2.12. The van der Waals surface area contributed by atoms with Crippen LogP contribution in [0.4, 0.5) is 0 Å². The number of hydrogen-bond donors (Lipinski definition) is 2. The highest BCUT2D eigenvalue weighted by molar-refractivity contribution is 5.76. The average molecular weight is 368 g/mol. The van der Waals surface area contributed by atoms with Crippen molar-refractivity contribution in [2.24, 2.45) is 5.92 Å². The first-order valence-corrected chi connectivity index (χ1v) is 10.1. The van der Waals surface area contributed by atoms with Crippen LogP contribution in [-0.2, 0) is 17.6 Å². The van der Waals surface area contributed by atoms with Gasteiger partial charge in [0.05, 0.1) is 0 Å². The third-order valence-corrected chi connectivity index (χ3v) is 5.77. The molecule has 27 heavy (non-hydrogen) atoms. The second kappa shape index (κ2) is 8.21. The van der Waals surface area contributed by atoms with E-state index in [1.54, 1.807) is 0 Å². The summed E-state index contributed by atoms with van der Waals surface area (Å²) in [6.45, 7) is 2.68. The molecule has 2 unspecified atom stereocenters. The molecular formula is C21H28N4O2. The minimum Gasteiger partial charge on any atom is -0.356 e. The summed E-state index contributed by atoms with van der Waals surface area (Å²) < 4.78 is 5.26. The Hall–Kier alpha value is -2.21. The van der Waals surface area contributed by atoms with Gasteiger partial charge < -0.3 is 15.2 Å². The van der Waals surface area contributed by atoms with Crippen LogP contribution in [0.25, 0.3) is 11.5 Å². The van der Waals surface area contributed by atoms with Gasteiger partial charge in [-0.3, -0.25) is 4.79 Å². The van der Waals surface area contributed by atoms with Crippen molar-refractivity contribution in [2.45, 2.75) is 64.0 Å². The van der Waals surface area contributed by atoms with Crippen molar-refractivity contribution < 1.29 is 9.32 Å². The largest absolute Gasteiger partial charge is 0.356 e. The van der Waals surface area contributed by atoms with E-state index in [9.17, 15) is 4.79 Å². The van der Waals surface area contributed by atoms with E-state index in [0.717, 1.165) is 37.1 Å².